The van der Waals surface area contributed by atoms with E-state index in [1.54, 1.807) is 30.3 Å². The van der Waals surface area contributed by atoms with Crippen LogP contribution in [0.15, 0.2) is 113 Å². The number of Topliss-reactive ketones (excluding diaryl/α,β-unsaturated/α-hetero) is 2. The van der Waals surface area contributed by atoms with Crippen molar-refractivity contribution in [2.75, 3.05) is 26.3 Å². The van der Waals surface area contributed by atoms with Gasteiger partial charge in [-0.15, -0.1) is 0 Å². The molecular formula is C55H70N6O9S+2. The molecule has 0 aliphatic carbocycles. The van der Waals surface area contributed by atoms with Crippen molar-refractivity contribution in [3.05, 3.63) is 109 Å². The number of unbranched alkanes of at least 4 members (excludes halogenated alkanes) is 1. The molecule has 378 valence electrons. The number of aromatic nitrogens is 1. The van der Waals surface area contributed by atoms with Gasteiger partial charge in [0, 0.05) is 41.4 Å². The standard InChI is InChI=1S/C55H68N6O9S/c1-35(2)27-30-68-47-25-23-37-15-8-10-20-43(37)49(47)50-44-21-11-9-16-38(44)24-26-48(50)69-34-42(62)32-40(19-12-13-28-56)52(64)60-45(22-14-29-59-55(57)58)46(63)33-41(31-36(3)4)53-61-54(71(65,66)67)51(70-53)39-17-6-5-7-18-39/h5-11,15-18,20-21,23-26,35-36,40-41,45H,12-14,19,22,27-34,56H2,1-4H3,(H,60,64)(H4,57,58,59)(H,65,66,67)/p+2/t40-,41+,45+/m0/s1. The van der Waals surface area contributed by atoms with Crippen LogP contribution in [0.5, 0.6) is 11.5 Å². The summed E-state index contributed by atoms with van der Waals surface area (Å²) in [5, 5.41) is 6.27. The van der Waals surface area contributed by atoms with Gasteiger partial charge >= 0.3 is 16.1 Å². The number of guanidine groups is 1. The molecule has 0 bridgehead atoms. The van der Waals surface area contributed by atoms with Gasteiger partial charge in [-0.3, -0.25) is 35.4 Å². The molecule has 1 aromatic heterocycles. The van der Waals surface area contributed by atoms with E-state index in [2.05, 4.69) is 47.0 Å². The molecule has 10 N–H and O–H groups in total. The highest BCUT2D eigenvalue weighted by atomic mass is 32.2. The number of carbonyl (C=O) groups is 3. The molecule has 15 nitrogen and oxygen atoms in total. The average molecular weight is 991 g/mol. The van der Waals surface area contributed by atoms with Gasteiger partial charge in [-0.2, -0.15) is 13.4 Å². The number of nitrogens with one attached hydrogen (secondary N) is 2. The highest BCUT2D eigenvalue weighted by Crippen LogP contribution is 2.46. The maximum atomic E-state index is 14.5. The number of carbonyl (C=O) groups excluding carboxylic acids is 3. The summed E-state index contributed by atoms with van der Waals surface area (Å²) < 4.78 is 54.4. The van der Waals surface area contributed by atoms with Crippen LogP contribution in [0.25, 0.3) is 44.0 Å². The van der Waals surface area contributed by atoms with Crippen molar-refractivity contribution in [1.82, 2.24) is 10.3 Å². The van der Waals surface area contributed by atoms with Gasteiger partial charge in [0.15, 0.2) is 23.2 Å². The van der Waals surface area contributed by atoms with Crippen LogP contribution in [-0.4, -0.2) is 73.7 Å². The first kappa shape index (κ1) is 53.7. The van der Waals surface area contributed by atoms with E-state index in [1.807, 2.05) is 74.5 Å². The summed E-state index contributed by atoms with van der Waals surface area (Å²) in [7, 11) is -4.82. The lowest BCUT2D eigenvalue weighted by atomic mass is 9.89. The Hall–Kier alpha value is -6.62. The number of oxazole rings is 1. The smallest absolute Gasteiger partial charge is 0.338 e. The van der Waals surface area contributed by atoms with Gasteiger partial charge < -0.3 is 24.9 Å². The lowest BCUT2D eigenvalue weighted by Gasteiger charge is -2.24. The quantitative estimate of drug-likeness (QED) is 0.0129. The molecule has 1 heterocycles. The molecular weight excluding hydrogens is 921 g/mol. The normalized spacial score (nSPS) is 13.0. The van der Waals surface area contributed by atoms with Gasteiger partial charge in [-0.25, -0.2) is 0 Å². The molecule has 0 fully saturated rings. The number of hydrogen-bond donors (Lipinski definition) is 6. The van der Waals surface area contributed by atoms with E-state index in [0.29, 0.717) is 68.4 Å². The summed E-state index contributed by atoms with van der Waals surface area (Å²) in [6.45, 7) is 9.39. The number of ether oxygens (including phenoxy) is 2. The number of rotatable bonds is 28. The summed E-state index contributed by atoms with van der Waals surface area (Å²) in [5.74, 6) is -1.10. The van der Waals surface area contributed by atoms with E-state index in [9.17, 15) is 27.4 Å². The van der Waals surface area contributed by atoms with E-state index in [-0.39, 0.29) is 61.0 Å². The predicted octanol–water partition coefficient (Wildman–Crippen LogP) is 6.76. The second-order valence-corrected chi connectivity index (χ2v) is 20.4. The third-order valence-electron chi connectivity index (χ3n) is 12.4. The van der Waals surface area contributed by atoms with E-state index in [4.69, 9.17) is 25.4 Å². The summed E-state index contributed by atoms with van der Waals surface area (Å²) in [6.07, 6.45) is 3.25. The van der Waals surface area contributed by atoms with Gasteiger partial charge in [0.25, 0.3) is 0 Å². The predicted molar refractivity (Wildman–Crippen MR) is 276 cm³/mol. The highest BCUT2D eigenvalue weighted by Gasteiger charge is 2.33. The molecule has 71 heavy (non-hydrogen) atoms. The molecule has 0 radical (unpaired) electrons. The molecule has 0 spiro atoms. The summed E-state index contributed by atoms with van der Waals surface area (Å²) >= 11 is 0. The highest BCUT2D eigenvalue weighted by molar-refractivity contribution is 7.85. The van der Waals surface area contributed by atoms with Crippen molar-refractivity contribution in [1.29, 1.82) is 0 Å². The van der Waals surface area contributed by atoms with Gasteiger partial charge in [0.1, 0.15) is 18.1 Å². The summed E-state index contributed by atoms with van der Waals surface area (Å²) in [5.41, 5.74) is 17.3. The Morgan fingerprint density at radius 2 is 1.38 bits per heavy atom. The van der Waals surface area contributed by atoms with Gasteiger partial charge in [0.2, 0.25) is 10.9 Å². The lowest BCUT2D eigenvalue weighted by Crippen LogP contribution is -2.78. The first-order valence-electron chi connectivity index (χ1n) is 24.6. The second-order valence-electron chi connectivity index (χ2n) is 19.0. The number of quaternary nitrogens is 1. The molecule has 0 saturated carbocycles. The van der Waals surface area contributed by atoms with Crippen LogP contribution in [0.2, 0.25) is 0 Å². The number of nitrogens with zero attached hydrogens (tertiary/aromatic N) is 1. The first-order valence-corrected chi connectivity index (χ1v) is 26.1. The van der Waals surface area contributed by atoms with Crippen LogP contribution in [0.4, 0.5) is 0 Å². The maximum Gasteiger partial charge on any atom is 0.338 e. The Bertz CT molecular complexity index is 2900. The van der Waals surface area contributed by atoms with Crippen LogP contribution < -0.4 is 37.0 Å². The van der Waals surface area contributed by atoms with Crippen molar-refractivity contribution in [3.63, 3.8) is 0 Å². The third-order valence-corrected chi connectivity index (χ3v) is 13.2. The number of ketones is 2. The van der Waals surface area contributed by atoms with E-state index in [1.165, 1.54) is 0 Å². The molecule has 3 atom stereocenters. The SMILES string of the molecule is CC(C)CCOc1ccc2ccccc2c1-c1c(OCC(=O)C[C@H](CCCC[NH3+])C(=O)N[C@H](CCC[NH+]=C(N)N)C(=O)C[C@@H](CC(C)C)c2nc(S(=O)(=O)O)c(-c3ccccc3)o2)ccc2ccccc12. The molecule has 0 aliphatic rings. The van der Waals surface area contributed by atoms with E-state index >= 15 is 0 Å². The number of hydrogen-bond acceptors (Lipinski definition) is 9. The molecule has 6 rings (SSSR count). The molecule has 0 saturated heterocycles. The summed E-state index contributed by atoms with van der Waals surface area (Å²) in [6, 6.07) is 31.4. The van der Waals surface area contributed by atoms with Gasteiger partial charge in [-0.05, 0) is 90.5 Å². The van der Waals surface area contributed by atoms with Crippen LogP contribution in [0.1, 0.15) is 97.3 Å². The maximum absolute atomic E-state index is 14.5. The fraction of sp³-hybridized carbons (Fsp3) is 0.400. The van der Waals surface area contributed by atoms with Crippen LogP contribution in [0, 0.1) is 17.8 Å². The third kappa shape index (κ3) is 15.0. The zero-order chi connectivity index (χ0) is 51.1. The minimum atomic E-state index is -4.82. The fourth-order valence-corrected chi connectivity index (χ4v) is 9.46. The molecule has 0 unspecified atom stereocenters. The second kappa shape index (κ2) is 25.5. The first-order chi connectivity index (χ1) is 34.0. The van der Waals surface area contributed by atoms with Gasteiger partial charge in [0.05, 0.1) is 25.7 Å². The number of amides is 1. The van der Waals surface area contributed by atoms with E-state index in [0.717, 1.165) is 45.5 Å². The Morgan fingerprint density at radius 3 is 1.97 bits per heavy atom. The molecule has 5 aromatic carbocycles. The van der Waals surface area contributed by atoms with Crippen molar-refractivity contribution < 1.29 is 52.0 Å². The minimum Gasteiger partial charge on any atom is -0.493 e. The van der Waals surface area contributed by atoms with E-state index < -0.39 is 38.9 Å². The lowest BCUT2D eigenvalue weighted by molar-refractivity contribution is -0.459. The summed E-state index contributed by atoms with van der Waals surface area (Å²) in [4.78, 5) is 50.2. The largest absolute Gasteiger partial charge is 0.493 e. The number of benzene rings is 5. The van der Waals surface area contributed by atoms with Gasteiger partial charge in [-0.1, -0.05) is 119 Å². The molecule has 0 aliphatic heterocycles. The van der Waals surface area contributed by atoms with Crippen molar-refractivity contribution in [2.24, 2.45) is 29.2 Å². The zero-order valence-corrected chi connectivity index (χ0v) is 42.1. The van der Waals surface area contributed by atoms with Crippen LogP contribution in [0.3, 0.4) is 0 Å². The van der Waals surface area contributed by atoms with Crippen LogP contribution in [-0.2, 0) is 24.5 Å². The Morgan fingerprint density at radius 1 is 0.761 bits per heavy atom. The average Bonchev–Trinajstić information content (AvgIpc) is 3.81. The Balaban J connectivity index is 1.26. The molecule has 1 amide bonds. The minimum absolute atomic E-state index is 0.0104. The van der Waals surface area contributed by atoms with Crippen LogP contribution >= 0.6 is 0 Å². The monoisotopic (exact) mass is 990 g/mol. The van der Waals surface area contributed by atoms with Crippen molar-refractivity contribution in [3.8, 4) is 33.9 Å². The topological polar surface area (TPSA) is 256 Å². The Labute approximate surface area is 416 Å². The van der Waals surface area contributed by atoms with Crippen molar-refractivity contribution in [2.45, 2.75) is 102 Å². The Kier molecular flexibility index (Phi) is 19.3. The number of nitrogens with two attached hydrogens (primary N) is 2. The fourth-order valence-electron chi connectivity index (χ4n) is 8.86. The zero-order valence-electron chi connectivity index (χ0n) is 41.3. The van der Waals surface area contributed by atoms with Crippen molar-refractivity contribution >= 4 is 55.1 Å². The molecule has 6 aromatic rings. The number of fused-ring (bicyclic) bond motifs is 2. The molecule has 16 heteroatoms.